The number of rotatable bonds is 3. The van der Waals surface area contributed by atoms with Gasteiger partial charge in [-0.3, -0.25) is 4.79 Å². The van der Waals surface area contributed by atoms with Gasteiger partial charge in [-0.25, -0.2) is 14.4 Å². The van der Waals surface area contributed by atoms with E-state index in [4.69, 9.17) is 15.7 Å². The van der Waals surface area contributed by atoms with Gasteiger partial charge in [0.05, 0.1) is 18.8 Å². The van der Waals surface area contributed by atoms with Crippen LogP contribution in [0.5, 0.6) is 0 Å². The summed E-state index contributed by atoms with van der Waals surface area (Å²) in [4.78, 5) is 21.1. The van der Waals surface area contributed by atoms with Gasteiger partial charge in [0, 0.05) is 23.2 Å². The third kappa shape index (κ3) is 2.91. The molecule has 9 heteroatoms. The maximum atomic E-state index is 15.7. The van der Waals surface area contributed by atoms with Gasteiger partial charge >= 0.3 is 0 Å². The molecule has 7 nitrogen and oxygen atoms in total. The van der Waals surface area contributed by atoms with Crippen molar-refractivity contribution in [1.29, 1.82) is 5.26 Å². The Balaban J connectivity index is 1.72. The highest BCUT2D eigenvalue weighted by molar-refractivity contribution is 8.13. The van der Waals surface area contributed by atoms with E-state index in [0.717, 1.165) is 11.8 Å². The second-order valence-corrected chi connectivity index (χ2v) is 7.60. The van der Waals surface area contributed by atoms with Crippen molar-refractivity contribution in [2.75, 3.05) is 24.3 Å². The van der Waals surface area contributed by atoms with Gasteiger partial charge in [-0.15, -0.1) is 0 Å². The van der Waals surface area contributed by atoms with Gasteiger partial charge in [0.1, 0.15) is 11.8 Å². The Morgan fingerprint density at radius 2 is 2.14 bits per heavy atom. The van der Waals surface area contributed by atoms with Crippen molar-refractivity contribution in [3.05, 3.63) is 59.4 Å². The Hall–Kier alpha value is -2.96. The molecule has 0 saturated carbocycles. The summed E-state index contributed by atoms with van der Waals surface area (Å²) in [5, 5.41) is 11.9. The predicted octanol–water partition coefficient (Wildman–Crippen LogP) is 2.20. The number of benzene rings is 1. The number of anilines is 1. The lowest BCUT2D eigenvalue weighted by molar-refractivity contribution is 0.101. The van der Waals surface area contributed by atoms with E-state index in [1.807, 2.05) is 6.07 Å². The zero-order valence-corrected chi connectivity index (χ0v) is 15.5. The molecule has 0 aliphatic carbocycles. The van der Waals surface area contributed by atoms with E-state index in [0.29, 0.717) is 16.8 Å². The van der Waals surface area contributed by atoms with Crippen LogP contribution in [0.15, 0.2) is 47.6 Å². The number of aliphatic imine (C=N–C) groups is 1. The minimum absolute atomic E-state index is 0.0345. The van der Waals surface area contributed by atoms with Gasteiger partial charge < -0.3 is 15.8 Å². The molecule has 142 valence electrons. The number of carbonyl (C=O) groups is 1. The zero-order chi connectivity index (χ0) is 19.8. The predicted molar refractivity (Wildman–Crippen MR) is 104 cm³/mol. The van der Waals surface area contributed by atoms with Crippen LogP contribution in [0.1, 0.15) is 21.6 Å². The first-order chi connectivity index (χ1) is 13.5. The highest BCUT2D eigenvalue weighted by Gasteiger charge is 2.61. The van der Waals surface area contributed by atoms with E-state index in [9.17, 15) is 4.79 Å². The van der Waals surface area contributed by atoms with Crippen molar-refractivity contribution >= 4 is 28.5 Å². The first-order valence-electron chi connectivity index (χ1n) is 8.49. The molecule has 2 atom stereocenters. The molecule has 2 aromatic rings. The number of hydrogen-bond acceptors (Lipinski definition) is 7. The first-order valence-corrected chi connectivity index (χ1v) is 9.48. The van der Waals surface area contributed by atoms with Crippen molar-refractivity contribution in [3.63, 3.8) is 0 Å². The van der Waals surface area contributed by atoms with Crippen LogP contribution in [0.25, 0.3) is 0 Å². The van der Waals surface area contributed by atoms with E-state index >= 15 is 4.39 Å². The number of alkyl halides is 1. The van der Waals surface area contributed by atoms with Crippen LogP contribution in [0.4, 0.5) is 10.1 Å². The molecule has 1 fully saturated rings. The second-order valence-electron chi connectivity index (χ2n) is 6.60. The summed E-state index contributed by atoms with van der Waals surface area (Å²) in [6, 6.07) is 11.8. The van der Waals surface area contributed by atoms with Gasteiger partial charge in [-0.1, -0.05) is 30.0 Å². The molecule has 3 N–H and O–H groups in total. The lowest BCUT2D eigenvalue weighted by Gasteiger charge is -2.39. The smallest absolute Gasteiger partial charge is 0.274 e. The van der Waals surface area contributed by atoms with E-state index in [1.165, 1.54) is 18.3 Å². The summed E-state index contributed by atoms with van der Waals surface area (Å²) in [5.41, 5.74) is 4.27. The van der Waals surface area contributed by atoms with Crippen LogP contribution in [0.2, 0.25) is 0 Å². The average Bonchev–Trinajstić information content (AvgIpc) is 3.06. The number of nitrogens with one attached hydrogen (secondary N) is 1. The number of aromatic nitrogens is 1. The van der Waals surface area contributed by atoms with E-state index in [-0.39, 0.29) is 29.8 Å². The molecular weight excluding hydrogens is 381 g/mol. The largest absolute Gasteiger partial charge is 0.379 e. The first kappa shape index (κ1) is 18.4. The summed E-state index contributed by atoms with van der Waals surface area (Å²) in [7, 11) is 0. The van der Waals surface area contributed by atoms with E-state index in [2.05, 4.69) is 15.3 Å². The highest BCUT2D eigenvalue weighted by Crippen LogP contribution is 2.51. The van der Waals surface area contributed by atoms with Crippen LogP contribution in [-0.2, 0) is 10.3 Å². The lowest BCUT2D eigenvalue weighted by atomic mass is 9.78. The minimum Gasteiger partial charge on any atom is -0.379 e. The molecule has 1 aromatic heterocycles. The number of halogens is 1. The third-order valence-electron chi connectivity index (χ3n) is 4.88. The van der Waals surface area contributed by atoms with Crippen molar-refractivity contribution in [3.8, 4) is 6.07 Å². The molecular formula is C19H16FN5O2S. The second kappa shape index (κ2) is 6.89. The Labute approximate surface area is 164 Å². The molecule has 1 amide bonds. The quantitative estimate of drug-likeness (QED) is 0.821. The molecule has 3 heterocycles. The Bertz CT molecular complexity index is 1010. The van der Waals surface area contributed by atoms with Gasteiger partial charge in [-0.05, 0) is 18.2 Å². The summed E-state index contributed by atoms with van der Waals surface area (Å²) in [6.07, 6.45) is 1.32. The fraction of sp³-hybridized carbons (Fsp3) is 0.263. The number of nitrogens with two attached hydrogens (primary N) is 1. The number of para-hydroxylation sites is 1. The Morgan fingerprint density at radius 3 is 2.89 bits per heavy atom. The molecule has 0 spiro atoms. The van der Waals surface area contributed by atoms with Gasteiger partial charge in [-0.2, -0.15) is 5.26 Å². The molecule has 4 rings (SSSR count). The zero-order valence-electron chi connectivity index (χ0n) is 14.7. The fourth-order valence-corrected chi connectivity index (χ4v) is 4.34. The number of fused-ring (bicyclic) bond motifs is 1. The molecule has 0 bridgehead atoms. The van der Waals surface area contributed by atoms with Crippen molar-refractivity contribution in [2.24, 2.45) is 10.7 Å². The maximum absolute atomic E-state index is 15.7. The number of carbonyl (C=O) groups excluding carboxylic acids is 1. The number of ether oxygens (including phenoxy) is 1. The fourth-order valence-electron chi connectivity index (χ4n) is 3.42. The third-order valence-corrected chi connectivity index (χ3v) is 5.87. The highest BCUT2D eigenvalue weighted by atomic mass is 32.2. The van der Waals surface area contributed by atoms with Crippen molar-refractivity contribution in [2.45, 2.75) is 11.2 Å². The molecule has 1 aromatic carbocycles. The van der Waals surface area contributed by atoms with Crippen LogP contribution < -0.4 is 11.1 Å². The number of hydrogen-bond donors (Lipinski definition) is 2. The summed E-state index contributed by atoms with van der Waals surface area (Å²) in [6.45, 7) is -0.0526. The SMILES string of the molecule is N#Cc1ccc(C(=O)Nc2ccccc2C23COCC2(F)CSC(N)=N3)nc1. The molecule has 0 radical (unpaired) electrons. The molecule has 2 aliphatic rings. The van der Waals surface area contributed by atoms with Crippen molar-refractivity contribution in [1.82, 2.24) is 4.98 Å². The number of amides is 1. The van der Waals surface area contributed by atoms with E-state index in [1.54, 1.807) is 24.3 Å². The summed E-state index contributed by atoms with van der Waals surface area (Å²) >= 11 is 1.16. The standard InChI is InChI=1S/C19H16FN5O2S/c20-18-9-27-10-19(18,25-17(22)28-11-18)13-3-1-2-4-14(13)24-16(26)15-6-5-12(7-21)8-23-15/h1-6,8H,9-11H2,(H2,22,25)(H,24,26). The monoisotopic (exact) mass is 397 g/mol. The normalized spacial score (nSPS) is 26.1. The Morgan fingerprint density at radius 1 is 1.32 bits per heavy atom. The number of pyridine rings is 1. The molecule has 28 heavy (non-hydrogen) atoms. The van der Waals surface area contributed by atoms with Crippen LogP contribution in [0, 0.1) is 11.3 Å². The van der Waals surface area contributed by atoms with Crippen LogP contribution in [-0.4, -0.2) is 40.7 Å². The molecule has 2 aliphatic heterocycles. The summed E-state index contributed by atoms with van der Waals surface area (Å²) < 4.78 is 21.2. The van der Waals surface area contributed by atoms with Gasteiger partial charge in [0.25, 0.3) is 5.91 Å². The number of amidine groups is 1. The Kier molecular flexibility index (Phi) is 4.53. The van der Waals surface area contributed by atoms with Crippen LogP contribution >= 0.6 is 11.8 Å². The number of nitrogens with zero attached hydrogens (tertiary/aromatic N) is 3. The van der Waals surface area contributed by atoms with Gasteiger partial charge in [0.15, 0.2) is 16.4 Å². The van der Waals surface area contributed by atoms with Gasteiger partial charge in [0.2, 0.25) is 0 Å². The van der Waals surface area contributed by atoms with Crippen molar-refractivity contribution < 1.29 is 13.9 Å². The summed E-state index contributed by atoms with van der Waals surface area (Å²) in [5.74, 6) is -0.347. The molecule has 1 saturated heterocycles. The topological polar surface area (TPSA) is 113 Å². The van der Waals surface area contributed by atoms with E-state index < -0.39 is 17.1 Å². The number of nitriles is 1. The minimum atomic E-state index is -1.73. The van der Waals surface area contributed by atoms with Crippen LogP contribution in [0.3, 0.4) is 0 Å². The number of thioether (sulfide) groups is 1. The lowest BCUT2D eigenvalue weighted by Crippen LogP contribution is -2.52. The average molecular weight is 397 g/mol. The molecule has 2 unspecified atom stereocenters. The maximum Gasteiger partial charge on any atom is 0.274 e.